The van der Waals surface area contributed by atoms with Gasteiger partial charge in [-0.1, -0.05) is 19.3 Å². The fourth-order valence-electron chi connectivity index (χ4n) is 4.60. The van der Waals surface area contributed by atoms with Gasteiger partial charge in [0, 0.05) is 30.1 Å². The number of nitrogens with one attached hydrogen (secondary N) is 3. The smallest absolute Gasteiger partial charge is 0.233 e. The van der Waals surface area contributed by atoms with Crippen molar-refractivity contribution in [3.63, 3.8) is 0 Å². The van der Waals surface area contributed by atoms with Crippen molar-refractivity contribution in [2.75, 3.05) is 49.7 Å². The number of methoxy groups -OCH3 is 1. The maximum Gasteiger partial charge on any atom is 0.233 e. The molecule has 1 aliphatic heterocycles. The number of nitrogens with zero attached hydrogens (tertiary/aromatic N) is 4. The molecule has 3 N–H and O–H groups in total. The number of likely N-dealkylation sites (N-methyl/N-ethyl adjacent to an activating group) is 1. The van der Waals surface area contributed by atoms with E-state index in [9.17, 15) is 0 Å². The molecule has 1 saturated heterocycles. The molecule has 32 heavy (non-hydrogen) atoms. The first-order chi connectivity index (χ1) is 15.6. The van der Waals surface area contributed by atoms with Crippen LogP contribution in [0.3, 0.4) is 0 Å². The van der Waals surface area contributed by atoms with E-state index in [4.69, 9.17) is 4.74 Å². The van der Waals surface area contributed by atoms with E-state index in [-0.39, 0.29) is 0 Å². The number of hydrogen-bond donors (Lipinski definition) is 3. The first-order valence-corrected chi connectivity index (χ1v) is 12.3. The Balaban J connectivity index is 1.48. The summed E-state index contributed by atoms with van der Waals surface area (Å²) in [4.78, 5) is 16.3. The highest BCUT2D eigenvalue weighted by molar-refractivity contribution is 7.27. The first-order valence-electron chi connectivity index (χ1n) is 11.8. The van der Waals surface area contributed by atoms with E-state index in [0.717, 1.165) is 36.4 Å². The van der Waals surface area contributed by atoms with Gasteiger partial charge in [0.1, 0.15) is 5.75 Å². The van der Waals surface area contributed by atoms with E-state index < -0.39 is 0 Å². The molecule has 9 heteroatoms. The van der Waals surface area contributed by atoms with Crippen LogP contribution in [-0.2, 0) is 0 Å². The molecule has 1 aromatic heterocycles. The van der Waals surface area contributed by atoms with Crippen molar-refractivity contribution >= 4 is 38.1 Å². The van der Waals surface area contributed by atoms with E-state index in [0.29, 0.717) is 29.8 Å². The fraction of sp³-hybridized carbons (Fsp3) is 0.609. The number of anilines is 4. The van der Waals surface area contributed by atoms with Gasteiger partial charge in [-0.3, -0.25) is 0 Å². The lowest BCUT2D eigenvalue weighted by Crippen LogP contribution is -2.32. The van der Waals surface area contributed by atoms with Gasteiger partial charge in [0.15, 0.2) is 0 Å². The van der Waals surface area contributed by atoms with Crippen molar-refractivity contribution < 1.29 is 4.74 Å². The summed E-state index contributed by atoms with van der Waals surface area (Å²) in [5.41, 5.74) is 0.904. The molecule has 2 aliphatic rings. The summed E-state index contributed by atoms with van der Waals surface area (Å²) >= 11 is 0. The van der Waals surface area contributed by atoms with Crippen LogP contribution in [0.2, 0.25) is 0 Å². The zero-order valence-electron chi connectivity index (χ0n) is 19.2. The summed E-state index contributed by atoms with van der Waals surface area (Å²) in [5, 5.41) is 11.2. The van der Waals surface area contributed by atoms with Crippen molar-refractivity contribution in [2.45, 2.75) is 51.0 Å². The van der Waals surface area contributed by atoms with Crippen LogP contribution in [0.15, 0.2) is 18.2 Å². The Morgan fingerprint density at radius 1 is 0.969 bits per heavy atom. The highest BCUT2D eigenvalue weighted by Gasteiger charge is 2.21. The van der Waals surface area contributed by atoms with Crippen LogP contribution in [0.4, 0.5) is 23.5 Å². The van der Waals surface area contributed by atoms with Crippen LogP contribution in [-0.4, -0.2) is 59.7 Å². The highest BCUT2D eigenvalue weighted by atomic mass is 31.0. The molecule has 2 aromatic rings. The minimum absolute atomic E-state index is 0.517. The SMILES string of the molecule is COc1ccc(Nc2nc(NCC3CCCCC3)nc(NCC3CCCN3C)n2)cc1P. The number of hydrogen-bond acceptors (Lipinski definition) is 8. The molecule has 2 fully saturated rings. The lowest BCUT2D eigenvalue weighted by molar-refractivity contribution is 0.322. The molecule has 174 valence electrons. The van der Waals surface area contributed by atoms with Crippen molar-refractivity contribution in [3.05, 3.63) is 18.2 Å². The molecule has 2 heterocycles. The molecule has 0 spiro atoms. The molecule has 0 bridgehead atoms. The van der Waals surface area contributed by atoms with Crippen LogP contribution in [0, 0.1) is 5.92 Å². The quantitative estimate of drug-likeness (QED) is 0.492. The van der Waals surface area contributed by atoms with Crippen molar-refractivity contribution in [1.29, 1.82) is 0 Å². The van der Waals surface area contributed by atoms with Crippen LogP contribution in [0.25, 0.3) is 0 Å². The third kappa shape index (κ3) is 6.20. The molecule has 8 nitrogen and oxygen atoms in total. The van der Waals surface area contributed by atoms with E-state index in [1.54, 1.807) is 7.11 Å². The van der Waals surface area contributed by atoms with Crippen LogP contribution >= 0.6 is 9.24 Å². The first kappa shape index (κ1) is 23.0. The van der Waals surface area contributed by atoms with Crippen molar-refractivity contribution in [3.8, 4) is 5.75 Å². The highest BCUT2D eigenvalue weighted by Crippen LogP contribution is 2.24. The van der Waals surface area contributed by atoms with Gasteiger partial charge in [-0.2, -0.15) is 15.0 Å². The Labute approximate surface area is 193 Å². The Morgan fingerprint density at radius 3 is 2.34 bits per heavy atom. The largest absolute Gasteiger partial charge is 0.496 e. The van der Waals surface area contributed by atoms with Gasteiger partial charge in [-0.15, -0.1) is 9.24 Å². The molecule has 4 rings (SSSR count). The van der Waals surface area contributed by atoms with E-state index in [1.165, 1.54) is 44.9 Å². The third-order valence-corrected chi connectivity index (χ3v) is 7.01. The Bertz CT molecular complexity index is 891. The molecule has 2 atom stereocenters. The van der Waals surface area contributed by atoms with Gasteiger partial charge in [0.25, 0.3) is 0 Å². The van der Waals surface area contributed by atoms with Gasteiger partial charge in [-0.25, -0.2) is 0 Å². The minimum atomic E-state index is 0.517. The summed E-state index contributed by atoms with van der Waals surface area (Å²) in [6.07, 6.45) is 9.03. The van der Waals surface area contributed by atoms with Gasteiger partial charge in [0.2, 0.25) is 17.8 Å². The number of ether oxygens (including phenoxy) is 1. The second kappa shape index (κ2) is 11.1. The maximum absolute atomic E-state index is 5.35. The number of likely N-dealkylation sites (tertiary alicyclic amines) is 1. The maximum atomic E-state index is 5.35. The molecule has 0 amide bonds. The van der Waals surface area contributed by atoms with Gasteiger partial charge < -0.3 is 25.6 Å². The number of rotatable bonds is 9. The summed E-state index contributed by atoms with van der Waals surface area (Å²) in [7, 11) is 6.55. The van der Waals surface area contributed by atoms with Gasteiger partial charge in [-0.05, 0) is 63.4 Å². The molecule has 1 aliphatic carbocycles. The van der Waals surface area contributed by atoms with E-state index >= 15 is 0 Å². The van der Waals surface area contributed by atoms with Crippen molar-refractivity contribution in [1.82, 2.24) is 19.9 Å². The zero-order chi connectivity index (χ0) is 22.3. The molecule has 1 saturated carbocycles. The normalized spacial score (nSPS) is 19.7. The zero-order valence-corrected chi connectivity index (χ0v) is 20.4. The number of aromatic nitrogens is 3. The Morgan fingerprint density at radius 2 is 1.69 bits per heavy atom. The number of benzene rings is 1. The predicted molar refractivity (Wildman–Crippen MR) is 135 cm³/mol. The van der Waals surface area contributed by atoms with E-state index in [2.05, 4.69) is 52.1 Å². The second-order valence-electron chi connectivity index (χ2n) is 8.93. The third-order valence-electron chi connectivity index (χ3n) is 6.56. The fourth-order valence-corrected chi connectivity index (χ4v) is 5.00. The Hall–Kier alpha value is -2.18. The van der Waals surface area contributed by atoms with Crippen LogP contribution < -0.4 is 26.0 Å². The minimum Gasteiger partial charge on any atom is -0.496 e. The second-order valence-corrected chi connectivity index (χ2v) is 9.55. The Kier molecular flexibility index (Phi) is 7.98. The molecule has 1 aromatic carbocycles. The topological polar surface area (TPSA) is 87.2 Å². The monoisotopic (exact) mass is 457 g/mol. The summed E-state index contributed by atoms with van der Waals surface area (Å²) in [6.45, 7) is 2.90. The average Bonchev–Trinajstić information content (AvgIpc) is 3.22. The van der Waals surface area contributed by atoms with Crippen LogP contribution in [0.1, 0.15) is 44.9 Å². The van der Waals surface area contributed by atoms with Crippen LogP contribution in [0.5, 0.6) is 5.75 Å². The average molecular weight is 458 g/mol. The van der Waals surface area contributed by atoms with Gasteiger partial charge in [0.05, 0.1) is 7.11 Å². The predicted octanol–water partition coefficient (Wildman–Crippen LogP) is 3.62. The van der Waals surface area contributed by atoms with Crippen molar-refractivity contribution in [2.24, 2.45) is 5.92 Å². The van der Waals surface area contributed by atoms with E-state index in [1.807, 2.05) is 18.2 Å². The lowest BCUT2D eigenvalue weighted by Gasteiger charge is -2.22. The molecule has 0 radical (unpaired) electrons. The summed E-state index contributed by atoms with van der Waals surface area (Å²) in [6, 6.07) is 6.42. The summed E-state index contributed by atoms with van der Waals surface area (Å²) in [5.74, 6) is 3.28. The summed E-state index contributed by atoms with van der Waals surface area (Å²) < 4.78 is 5.35. The molecular formula is C23H36N7OP. The van der Waals surface area contributed by atoms with Gasteiger partial charge >= 0.3 is 0 Å². The standard InChI is InChI=1S/C23H36N7OP/c1-30-12-6-9-18(30)15-25-22-27-21(24-14-16-7-4-3-5-8-16)28-23(29-22)26-17-10-11-19(31-2)20(32)13-17/h10-11,13,16,18H,3-9,12,14-15,32H2,1-2H3,(H3,24,25,26,27,28,29). The molecule has 2 unspecified atom stereocenters. The lowest BCUT2D eigenvalue weighted by atomic mass is 9.89. The molecular weight excluding hydrogens is 421 g/mol.